The third-order valence-corrected chi connectivity index (χ3v) is 13.2. The molecule has 0 aliphatic heterocycles. The van der Waals surface area contributed by atoms with Gasteiger partial charge in [0.25, 0.3) is 0 Å². The van der Waals surface area contributed by atoms with Crippen LogP contribution in [0.3, 0.4) is 0 Å². The molecule has 326 valence electrons. The molecule has 67 heavy (non-hydrogen) atoms. The second-order valence-electron chi connectivity index (χ2n) is 17.0. The molecule has 0 heterocycles. The highest BCUT2D eigenvalue weighted by molar-refractivity contribution is 5.99. The number of carbonyl (C=O) groups excluding carboxylic acids is 3. The van der Waals surface area contributed by atoms with E-state index in [0.717, 1.165) is 61.2 Å². The molecule has 8 aromatic carbocycles. The average Bonchev–Trinajstić information content (AvgIpc) is 3.88. The molecule has 0 saturated heterocycles. The maximum atomic E-state index is 15.3. The van der Waals surface area contributed by atoms with E-state index in [-0.39, 0.29) is 25.0 Å². The summed E-state index contributed by atoms with van der Waals surface area (Å²) in [6.07, 6.45) is 4.58. The van der Waals surface area contributed by atoms with Crippen molar-refractivity contribution in [3.8, 4) is 34.6 Å². The van der Waals surface area contributed by atoms with Gasteiger partial charge < -0.3 is 15.4 Å². The molecule has 0 radical (unpaired) electrons. The number of terminal acetylenes is 1. The van der Waals surface area contributed by atoms with Gasteiger partial charge in [-0.05, 0) is 85.5 Å². The van der Waals surface area contributed by atoms with E-state index in [9.17, 15) is 0 Å². The number of benzene rings is 8. The lowest BCUT2D eigenvalue weighted by molar-refractivity contribution is -0.129. The van der Waals surface area contributed by atoms with Crippen molar-refractivity contribution in [2.24, 2.45) is 0 Å². The van der Waals surface area contributed by atoms with E-state index in [1.165, 1.54) is 4.90 Å². The fourth-order valence-electron chi connectivity index (χ4n) is 10.1. The lowest BCUT2D eigenvalue weighted by atomic mass is 9.77. The summed E-state index contributed by atoms with van der Waals surface area (Å²) in [6, 6.07) is 67.6. The van der Waals surface area contributed by atoms with Gasteiger partial charge in [-0.25, -0.2) is 4.79 Å². The number of nitrogens with zero attached hydrogens (tertiary/aromatic N) is 1. The molecule has 10 rings (SSSR count). The van der Waals surface area contributed by atoms with Crippen molar-refractivity contribution in [1.29, 1.82) is 0 Å². The lowest BCUT2D eigenvalue weighted by Gasteiger charge is -2.38. The zero-order chi connectivity index (χ0) is 45.7. The number of nitrogens with one attached hydrogen (secondary N) is 2. The molecule has 2 aliphatic carbocycles. The SMILES string of the molecule is C#Cc1ccc(NC(=O)C(CC(=O)NC(c2ccccc2)(c2ccccc2)c2ccccc2)N(CC2c3ccccc3-c3ccccc32)C(=O)OCC2c3ccccc3-c3ccccc32)cc1. The number of ether oxygens (including phenoxy) is 1. The van der Waals surface area contributed by atoms with Crippen molar-refractivity contribution >= 4 is 23.6 Å². The number of carbonyl (C=O) groups is 3. The average molecular weight is 874 g/mol. The summed E-state index contributed by atoms with van der Waals surface area (Å²) in [7, 11) is 0. The first-order valence-corrected chi connectivity index (χ1v) is 22.6. The van der Waals surface area contributed by atoms with Crippen LogP contribution in [0.2, 0.25) is 0 Å². The van der Waals surface area contributed by atoms with Gasteiger partial charge in [-0.2, -0.15) is 0 Å². The number of hydrogen-bond acceptors (Lipinski definition) is 4. The Morgan fingerprint density at radius 1 is 0.537 bits per heavy atom. The van der Waals surface area contributed by atoms with Gasteiger partial charge in [0.1, 0.15) is 18.2 Å². The van der Waals surface area contributed by atoms with Crippen molar-refractivity contribution in [1.82, 2.24) is 10.2 Å². The van der Waals surface area contributed by atoms with Crippen LogP contribution in [0.25, 0.3) is 22.3 Å². The van der Waals surface area contributed by atoms with Crippen molar-refractivity contribution in [3.05, 3.63) is 257 Å². The maximum Gasteiger partial charge on any atom is 0.410 e. The van der Waals surface area contributed by atoms with Crippen LogP contribution in [0.5, 0.6) is 0 Å². The molecular weight excluding hydrogens is 827 g/mol. The number of anilines is 1. The van der Waals surface area contributed by atoms with E-state index in [1.807, 2.05) is 140 Å². The predicted octanol–water partition coefficient (Wildman–Crippen LogP) is 11.5. The van der Waals surface area contributed by atoms with Gasteiger partial charge in [0.2, 0.25) is 11.8 Å². The minimum atomic E-state index is -1.34. The first-order valence-electron chi connectivity index (χ1n) is 22.6. The van der Waals surface area contributed by atoms with Crippen molar-refractivity contribution < 1.29 is 19.1 Å². The third-order valence-electron chi connectivity index (χ3n) is 13.2. The number of fused-ring (bicyclic) bond motifs is 6. The highest BCUT2D eigenvalue weighted by Gasteiger charge is 2.42. The Bertz CT molecular complexity index is 2940. The van der Waals surface area contributed by atoms with E-state index in [0.29, 0.717) is 11.3 Å². The summed E-state index contributed by atoms with van der Waals surface area (Å²) >= 11 is 0. The standard InChI is InChI=1S/C60H47N3O4/c1-2-41-34-36-45(37-35-41)61-58(65)56(38-57(64)62-60(42-20-6-3-7-21-42,43-22-8-4-9-23-43)44-24-10-5-11-25-44)63(39-54-50-30-16-12-26-46(50)47-27-13-17-31-51(47)54)59(66)67-40-55-52-32-18-14-28-48(52)49-29-15-19-33-53(49)55/h1,3-37,54-56H,38-40H2,(H,61,65)(H,62,64). The van der Waals surface area contributed by atoms with Crippen LogP contribution in [0.4, 0.5) is 10.5 Å². The highest BCUT2D eigenvalue weighted by atomic mass is 16.6. The van der Waals surface area contributed by atoms with Gasteiger partial charge in [0, 0.05) is 29.6 Å². The summed E-state index contributed by atoms with van der Waals surface area (Å²) in [5.74, 6) is 1.04. The van der Waals surface area contributed by atoms with Crippen LogP contribution in [0.1, 0.15) is 62.8 Å². The summed E-state index contributed by atoms with van der Waals surface area (Å²) in [5.41, 5.74) is 10.9. The second kappa shape index (κ2) is 18.6. The van der Waals surface area contributed by atoms with E-state index in [4.69, 9.17) is 11.2 Å². The molecule has 0 fully saturated rings. The molecular formula is C60H47N3O4. The molecule has 1 unspecified atom stereocenters. The van der Waals surface area contributed by atoms with E-state index < -0.39 is 35.9 Å². The van der Waals surface area contributed by atoms with E-state index in [2.05, 4.69) is 65.1 Å². The number of hydrogen-bond donors (Lipinski definition) is 2. The first kappa shape index (κ1) is 42.5. The molecule has 0 spiro atoms. The Labute approximate surface area is 391 Å². The fraction of sp³-hybridized carbons (Fsp3) is 0.117. The zero-order valence-corrected chi connectivity index (χ0v) is 36.7. The van der Waals surface area contributed by atoms with E-state index >= 15 is 14.4 Å². The summed E-state index contributed by atoms with van der Waals surface area (Å²) in [4.78, 5) is 47.3. The van der Waals surface area contributed by atoms with Crippen LogP contribution in [0.15, 0.2) is 212 Å². The third kappa shape index (κ3) is 8.15. The van der Waals surface area contributed by atoms with Crippen molar-refractivity contribution in [2.45, 2.75) is 29.8 Å². The molecule has 2 N–H and O–H groups in total. The second-order valence-corrected chi connectivity index (χ2v) is 17.0. The number of amides is 3. The molecule has 1 atom stereocenters. The molecule has 3 amide bonds. The summed E-state index contributed by atoms with van der Waals surface area (Å²) < 4.78 is 6.44. The topological polar surface area (TPSA) is 87.7 Å². The molecule has 0 aromatic heterocycles. The molecule has 0 saturated carbocycles. The van der Waals surface area contributed by atoms with Gasteiger partial charge in [-0.15, -0.1) is 6.42 Å². The Hall–Kier alpha value is -8.47. The van der Waals surface area contributed by atoms with Gasteiger partial charge in [0.05, 0.1) is 6.42 Å². The lowest BCUT2D eigenvalue weighted by Crippen LogP contribution is -2.54. The minimum absolute atomic E-state index is 0.0222. The van der Waals surface area contributed by atoms with Crippen LogP contribution in [0, 0.1) is 12.3 Å². The Kier molecular flexibility index (Phi) is 11.8. The molecule has 2 aliphatic rings. The quantitative estimate of drug-likeness (QED) is 0.0892. The minimum Gasteiger partial charge on any atom is -0.448 e. The summed E-state index contributed by atoms with van der Waals surface area (Å²) in [5, 5.41) is 6.48. The fourth-order valence-corrected chi connectivity index (χ4v) is 10.1. The summed E-state index contributed by atoms with van der Waals surface area (Å²) in [6.45, 7) is 0.0711. The van der Waals surface area contributed by atoms with Crippen molar-refractivity contribution in [2.75, 3.05) is 18.5 Å². The largest absolute Gasteiger partial charge is 0.448 e. The van der Waals surface area contributed by atoms with Crippen LogP contribution in [-0.2, 0) is 19.9 Å². The molecule has 8 aromatic rings. The van der Waals surface area contributed by atoms with E-state index in [1.54, 1.807) is 24.3 Å². The van der Waals surface area contributed by atoms with Gasteiger partial charge in [-0.1, -0.05) is 194 Å². The van der Waals surface area contributed by atoms with Crippen LogP contribution < -0.4 is 10.6 Å². The number of rotatable bonds is 13. The van der Waals surface area contributed by atoms with Crippen LogP contribution in [-0.4, -0.2) is 42.0 Å². The first-order chi connectivity index (χ1) is 32.9. The zero-order valence-electron chi connectivity index (χ0n) is 36.7. The molecule has 7 nitrogen and oxygen atoms in total. The molecule has 0 bridgehead atoms. The Morgan fingerprint density at radius 2 is 0.940 bits per heavy atom. The normalized spacial score (nSPS) is 12.9. The maximum absolute atomic E-state index is 15.3. The Morgan fingerprint density at radius 3 is 1.37 bits per heavy atom. The highest BCUT2D eigenvalue weighted by Crippen LogP contribution is 2.47. The smallest absolute Gasteiger partial charge is 0.410 e. The monoisotopic (exact) mass is 873 g/mol. The Balaban J connectivity index is 1.07. The van der Waals surface area contributed by atoms with Gasteiger partial charge >= 0.3 is 6.09 Å². The molecule has 7 heteroatoms. The van der Waals surface area contributed by atoms with Crippen LogP contribution >= 0.6 is 0 Å². The van der Waals surface area contributed by atoms with Gasteiger partial charge in [-0.3, -0.25) is 14.5 Å². The van der Waals surface area contributed by atoms with Gasteiger partial charge in [0.15, 0.2) is 0 Å². The predicted molar refractivity (Wildman–Crippen MR) is 264 cm³/mol. The van der Waals surface area contributed by atoms with Crippen molar-refractivity contribution in [3.63, 3.8) is 0 Å².